The van der Waals surface area contributed by atoms with E-state index in [1.54, 1.807) is 0 Å². The highest BCUT2D eigenvalue weighted by atomic mass is 16.3. The van der Waals surface area contributed by atoms with E-state index in [0.717, 1.165) is 0 Å². The first-order valence-electron chi connectivity index (χ1n) is 5.10. The fourth-order valence-corrected chi connectivity index (χ4v) is 1.70. The minimum atomic E-state index is -1.14. The Bertz CT molecular complexity index is 486. The Balaban J connectivity index is 2.33. The van der Waals surface area contributed by atoms with Crippen LogP contribution < -0.4 is 11.1 Å². The van der Waals surface area contributed by atoms with E-state index in [0.29, 0.717) is 11.3 Å². The molecule has 1 aromatic carbocycles. The van der Waals surface area contributed by atoms with Gasteiger partial charge in [0.15, 0.2) is 0 Å². The second kappa shape index (κ2) is 4.25. The average molecular weight is 236 g/mol. The maximum absolute atomic E-state index is 11.3. The quantitative estimate of drug-likeness (QED) is 0.512. The number of ketones is 1. The van der Waals surface area contributed by atoms with E-state index in [4.69, 9.17) is 5.73 Å². The van der Waals surface area contributed by atoms with Crippen molar-refractivity contribution >= 4 is 17.4 Å². The van der Waals surface area contributed by atoms with Gasteiger partial charge in [0.05, 0.1) is 17.4 Å². The highest BCUT2D eigenvalue weighted by Crippen LogP contribution is 2.27. The second-order valence-corrected chi connectivity index (χ2v) is 3.84. The van der Waals surface area contributed by atoms with Crippen LogP contribution >= 0.6 is 0 Å². The molecule has 0 saturated heterocycles. The van der Waals surface area contributed by atoms with Gasteiger partial charge in [-0.15, -0.1) is 0 Å². The smallest absolute Gasteiger partial charge is 0.296 e. The number of rotatable bonds is 3. The number of fused-ring (bicyclic) bond motifs is 1. The molecule has 0 aliphatic carbocycles. The summed E-state index contributed by atoms with van der Waals surface area (Å²) in [4.78, 5) is 22.4. The van der Waals surface area contributed by atoms with Gasteiger partial charge < -0.3 is 21.3 Å². The van der Waals surface area contributed by atoms with E-state index in [2.05, 4.69) is 5.32 Å². The van der Waals surface area contributed by atoms with Crippen molar-refractivity contribution in [2.75, 3.05) is 11.9 Å². The van der Waals surface area contributed by atoms with Crippen LogP contribution in [0.3, 0.4) is 0 Å². The van der Waals surface area contributed by atoms with E-state index in [9.17, 15) is 19.8 Å². The molecule has 1 aromatic rings. The van der Waals surface area contributed by atoms with Crippen LogP contribution in [0.4, 0.5) is 5.69 Å². The number of hydrogen-bond donors (Lipinski definition) is 4. The maximum Gasteiger partial charge on any atom is 0.296 e. The van der Waals surface area contributed by atoms with Crippen LogP contribution in [0.1, 0.15) is 22.0 Å². The normalized spacial score (nSPS) is 17.6. The van der Waals surface area contributed by atoms with Crippen molar-refractivity contribution in [3.8, 4) is 0 Å². The third-order valence-electron chi connectivity index (χ3n) is 2.69. The Labute approximate surface area is 97.1 Å². The van der Waals surface area contributed by atoms with Gasteiger partial charge in [0.1, 0.15) is 6.10 Å². The van der Waals surface area contributed by atoms with Crippen molar-refractivity contribution < 1.29 is 19.8 Å². The first-order valence-corrected chi connectivity index (χ1v) is 5.10. The molecule has 90 valence electrons. The van der Waals surface area contributed by atoms with Crippen molar-refractivity contribution in [1.29, 1.82) is 0 Å². The largest absolute Gasteiger partial charge is 0.389 e. The van der Waals surface area contributed by atoms with Gasteiger partial charge in [-0.25, -0.2) is 0 Å². The maximum atomic E-state index is 11.3. The van der Waals surface area contributed by atoms with Gasteiger partial charge in [-0.05, 0) is 17.7 Å². The van der Waals surface area contributed by atoms with Crippen molar-refractivity contribution in [3.63, 3.8) is 0 Å². The number of Topliss-reactive ketones (excluding diaryl/α,β-unsaturated/α-hetero) is 1. The lowest BCUT2D eigenvalue weighted by molar-refractivity contribution is -0.112. The van der Waals surface area contributed by atoms with Crippen LogP contribution in [-0.2, 0) is 4.79 Å². The Morgan fingerprint density at radius 1 is 1.29 bits per heavy atom. The molecule has 6 heteroatoms. The molecule has 0 aromatic heterocycles. The third kappa shape index (κ3) is 1.93. The molecule has 1 aliphatic rings. The van der Waals surface area contributed by atoms with Crippen LogP contribution in [0.5, 0.6) is 0 Å². The van der Waals surface area contributed by atoms with Gasteiger partial charge in [0.25, 0.3) is 11.7 Å². The van der Waals surface area contributed by atoms with Crippen LogP contribution in [0, 0.1) is 0 Å². The molecule has 0 radical (unpaired) electrons. The molecule has 0 saturated carbocycles. The van der Waals surface area contributed by atoms with Gasteiger partial charge in [-0.1, -0.05) is 6.07 Å². The lowest BCUT2D eigenvalue weighted by atomic mass is 10.0. The molecular formula is C11H12N2O4. The molecule has 0 bridgehead atoms. The van der Waals surface area contributed by atoms with Gasteiger partial charge >= 0.3 is 0 Å². The average Bonchev–Trinajstić information content (AvgIpc) is 2.62. The number of aliphatic hydroxyl groups excluding tert-OH is 2. The van der Waals surface area contributed by atoms with Crippen molar-refractivity contribution in [2.45, 2.75) is 12.2 Å². The summed E-state index contributed by atoms with van der Waals surface area (Å²) in [5.74, 6) is -1.29. The summed E-state index contributed by atoms with van der Waals surface area (Å²) in [6.07, 6.45) is -2.22. The summed E-state index contributed by atoms with van der Waals surface area (Å²) in [7, 11) is 0. The minimum absolute atomic E-state index is 0.0798. The monoisotopic (exact) mass is 236 g/mol. The molecule has 17 heavy (non-hydrogen) atoms. The lowest BCUT2D eigenvalue weighted by Gasteiger charge is -2.16. The first kappa shape index (κ1) is 11.7. The zero-order valence-electron chi connectivity index (χ0n) is 8.88. The molecule has 0 fully saturated rings. The number of benzene rings is 1. The molecule has 2 atom stereocenters. The standard InChI is InChI=1S/C11H12N2O4/c12-4-8(14)9(15)5-1-2-6-7(3-5)13-11(17)10(6)16/h1-3,8-9,14-15H,4,12H2,(H,13,16,17). The van der Waals surface area contributed by atoms with Crippen LogP contribution in [-0.4, -0.2) is 34.6 Å². The molecule has 1 aliphatic heterocycles. The van der Waals surface area contributed by atoms with E-state index >= 15 is 0 Å². The van der Waals surface area contributed by atoms with Crippen molar-refractivity contribution in [2.24, 2.45) is 5.73 Å². The van der Waals surface area contributed by atoms with E-state index < -0.39 is 23.9 Å². The number of anilines is 1. The number of hydrogen-bond acceptors (Lipinski definition) is 5. The lowest BCUT2D eigenvalue weighted by Crippen LogP contribution is -2.27. The van der Waals surface area contributed by atoms with Crippen LogP contribution in [0.15, 0.2) is 18.2 Å². The predicted molar refractivity (Wildman–Crippen MR) is 59.4 cm³/mol. The van der Waals surface area contributed by atoms with Crippen LogP contribution in [0.25, 0.3) is 0 Å². The molecule has 1 heterocycles. The van der Waals surface area contributed by atoms with Crippen molar-refractivity contribution in [3.05, 3.63) is 29.3 Å². The van der Waals surface area contributed by atoms with Gasteiger partial charge in [0.2, 0.25) is 0 Å². The summed E-state index contributed by atoms with van der Waals surface area (Å²) in [6.45, 7) is -0.0798. The summed E-state index contributed by atoms with van der Waals surface area (Å²) < 4.78 is 0. The van der Waals surface area contributed by atoms with E-state index in [-0.39, 0.29) is 12.1 Å². The van der Waals surface area contributed by atoms with Gasteiger partial charge in [-0.2, -0.15) is 0 Å². The number of nitrogens with one attached hydrogen (secondary N) is 1. The summed E-state index contributed by atoms with van der Waals surface area (Å²) in [5.41, 5.74) is 6.25. The van der Waals surface area contributed by atoms with E-state index in [1.807, 2.05) is 0 Å². The molecule has 2 rings (SSSR count). The predicted octanol–water partition coefficient (Wildman–Crippen LogP) is -0.826. The number of amides is 1. The zero-order chi connectivity index (χ0) is 12.6. The van der Waals surface area contributed by atoms with Gasteiger partial charge in [0, 0.05) is 6.54 Å². The van der Waals surface area contributed by atoms with Crippen LogP contribution in [0.2, 0.25) is 0 Å². The topological polar surface area (TPSA) is 113 Å². The number of aliphatic hydroxyl groups is 2. The summed E-state index contributed by atoms with van der Waals surface area (Å²) >= 11 is 0. The van der Waals surface area contributed by atoms with Gasteiger partial charge in [-0.3, -0.25) is 9.59 Å². The molecule has 5 N–H and O–H groups in total. The fourth-order valence-electron chi connectivity index (χ4n) is 1.70. The molecule has 2 unspecified atom stereocenters. The van der Waals surface area contributed by atoms with Crippen molar-refractivity contribution in [1.82, 2.24) is 0 Å². The Morgan fingerprint density at radius 3 is 2.65 bits per heavy atom. The molecule has 6 nitrogen and oxygen atoms in total. The number of carbonyl (C=O) groups excluding carboxylic acids is 2. The fraction of sp³-hybridized carbons (Fsp3) is 0.273. The zero-order valence-corrected chi connectivity index (χ0v) is 8.88. The minimum Gasteiger partial charge on any atom is -0.389 e. The number of nitrogens with two attached hydrogens (primary N) is 1. The Morgan fingerprint density at radius 2 is 2.00 bits per heavy atom. The SMILES string of the molecule is NCC(O)C(O)c1ccc2c(c1)NC(=O)C2=O. The Kier molecular flexibility index (Phi) is 2.93. The highest BCUT2D eigenvalue weighted by Gasteiger charge is 2.29. The summed E-state index contributed by atoms with van der Waals surface area (Å²) in [6, 6.07) is 4.39. The van der Waals surface area contributed by atoms with E-state index in [1.165, 1.54) is 18.2 Å². The molecule has 0 spiro atoms. The second-order valence-electron chi connectivity index (χ2n) is 3.84. The first-order chi connectivity index (χ1) is 8.04. The molecular weight excluding hydrogens is 224 g/mol. The number of carbonyl (C=O) groups is 2. The highest BCUT2D eigenvalue weighted by molar-refractivity contribution is 6.51. The third-order valence-corrected chi connectivity index (χ3v) is 2.69. The Hall–Kier alpha value is -1.76. The molecule has 1 amide bonds. The summed E-state index contributed by atoms with van der Waals surface area (Å²) in [5, 5.41) is 21.5.